The number of aliphatic hydroxyl groups is 8. The van der Waals surface area contributed by atoms with Crippen LogP contribution in [0, 0.1) is 52.3 Å². The first-order valence-electron chi connectivity index (χ1n) is 20.2. The van der Waals surface area contributed by atoms with E-state index in [1.165, 1.54) is 0 Å². The van der Waals surface area contributed by atoms with E-state index in [-0.39, 0.29) is 47.4 Å². The molecule has 0 amide bonds. The molecule has 3 aliphatic heterocycles. The molecule has 52 heavy (non-hydrogen) atoms. The van der Waals surface area contributed by atoms with Gasteiger partial charge in [0.2, 0.25) is 0 Å². The molecule has 300 valence electrons. The number of aliphatic hydroxyl groups excluding tert-OH is 7. The van der Waals surface area contributed by atoms with Crippen molar-refractivity contribution >= 4 is 0 Å². The van der Waals surface area contributed by atoms with Crippen LogP contribution in [0.1, 0.15) is 98.8 Å². The van der Waals surface area contributed by atoms with Gasteiger partial charge in [-0.1, -0.05) is 27.7 Å². The van der Waals surface area contributed by atoms with Gasteiger partial charge in [-0.3, -0.25) is 0 Å². The second kappa shape index (κ2) is 14.8. The molecule has 8 N–H and O–H groups in total. The van der Waals surface area contributed by atoms with Crippen molar-refractivity contribution in [2.75, 3.05) is 13.2 Å². The Morgan fingerprint density at radius 3 is 2.19 bits per heavy atom. The molecule has 0 bridgehead atoms. The Bertz CT molecular complexity index is 1240. The highest BCUT2D eigenvalue weighted by Crippen LogP contribution is 2.71. The Morgan fingerprint density at radius 1 is 0.769 bits per heavy atom. The van der Waals surface area contributed by atoms with E-state index in [0.29, 0.717) is 36.5 Å². The third-order valence-corrected chi connectivity index (χ3v) is 15.8. The van der Waals surface area contributed by atoms with E-state index >= 15 is 0 Å². The fourth-order valence-electron chi connectivity index (χ4n) is 12.6. The topological polar surface area (TPSA) is 208 Å². The molecule has 0 spiro atoms. The van der Waals surface area contributed by atoms with Crippen LogP contribution in [0.25, 0.3) is 0 Å². The van der Waals surface area contributed by atoms with Crippen LogP contribution < -0.4 is 0 Å². The van der Waals surface area contributed by atoms with Gasteiger partial charge in [0.1, 0.15) is 42.7 Å². The van der Waals surface area contributed by atoms with Gasteiger partial charge in [-0.15, -0.1) is 0 Å². The molecule has 4 saturated carbocycles. The molecule has 1 unspecified atom stereocenters. The number of ether oxygens (including phenoxy) is 5. The van der Waals surface area contributed by atoms with Crippen molar-refractivity contribution in [2.45, 2.75) is 178 Å². The van der Waals surface area contributed by atoms with E-state index in [1.807, 2.05) is 6.92 Å². The van der Waals surface area contributed by atoms with E-state index in [9.17, 15) is 40.9 Å². The largest absolute Gasteiger partial charge is 0.394 e. The minimum Gasteiger partial charge on any atom is -0.394 e. The molecule has 22 atom stereocenters. The van der Waals surface area contributed by atoms with Crippen LogP contribution in [0.5, 0.6) is 0 Å². The number of hydrogen-bond donors (Lipinski definition) is 8. The van der Waals surface area contributed by atoms with Crippen LogP contribution >= 0.6 is 0 Å². The summed E-state index contributed by atoms with van der Waals surface area (Å²) in [6.07, 6.45) is -2.58. The first kappa shape index (κ1) is 39.7. The van der Waals surface area contributed by atoms with Crippen molar-refractivity contribution in [3.63, 3.8) is 0 Å². The lowest BCUT2D eigenvalue weighted by molar-refractivity contribution is -0.316. The predicted molar refractivity (Wildman–Crippen MR) is 185 cm³/mol. The normalized spacial score (nSPS) is 56.7. The van der Waals surface area contributed by atoms with Gasteiger partial charge < -0.3 is 64.5 Å². The summed E-state index contributed by atoms with van der Waals surface area (Å²) in [5, 5.41) is 83.0. The zero-order valence-corrected chi connectivity index (χ0v) is 31.6. The van der Waals surface area contributed by atoms with E-state index < -0.39 is 73.8 Å². The molecule has 13 nitrogen and oxygen atoms in total. The van der Waals surface area contributed by atoms with Crippen molar-refractivity contribution in [2.24, 2.45) is 52.3 Å². The highest BCUT2D eigenvalue weighted by Gasteiger charge is 2.68. The Hall–Kier alpha value is -0.520. The minimum absolute atomic E-state index is 0.0138. The van der Waals surface area contributed by atoms with E-state index in [0.717, 1.165) is 51.4 Å². The lowest BCUT2D eigenvalue weighted by Gasteiger charge is -2.61. The highest BCUT2D eigenvalue weighted by molar-refractivity contribution is 5.15. The van der Waals surface area contributed by atoms with Crippen LogP contribution in [0.4, 0.5) is 0 Å². The van der Waals surface area contributed by atoms with Crippen LogP contribution in [-0.2, 0) is 23.7 Å². The number of hydrogen-bond acceptors (Lipinski definition) is 13. The maximum atomic E-state index is 12.0. The van der Waals surface area contributed by atoms with Gasteiger partial charge >= 0.3 is 0 Å². The third kappa shape index (κ3) is 6.63. The monoisotopic (exact) mass is 742 g/mol. The molecular weight excluding hydrogens is 676 g/mol. The molecule has 0 aromatic rings. The molecule has 7 fully saturated rings. The molecule has 0 aromatic heterocycles. The zero-order chi connectivity index (χ0) is 37.5. The average Bonchev–Trinajstić information content (AvgIpc) is 3.55. The molecule has 7 aliphatic rings. The minimum atomic E-state index is -1.44. The fraction of sp³-hybridized carbons (Fsp3) is 1.00. The Morgan fingerprint density at radius 2 is 1.46 bits per heavy atom. The molecule has 0 radical (unpaired) electrons. The van der Waals surface area contributed by atoms with Gasteiger partial charge in [0.15, 0.2) is 18.4 Å². The van der Waals surface area contributed by atoms with Crippen molar-refractivity contribution in [1.29, 1.82) is 0 Å². The smallest absolute Gasteiger partial charge is 0.186 e. The summed E-state index contributed by atoms with van der Waals surface area (Å²) in [4.78, 5) is 0. The molecule has 13 heteroatoms. The molecule has 3 saturated heterocycles. The Kier molecular flexibility index (Phi) is 11.3. The second-order valence-electron chi connectivity index (χ2n) is 18.6. The fourth-order valence-corrected chi connectivity index (χ4v) is 12.6. The van der Waals surface area contributed by atoms with E-state index in [2.05, 4.69) is 20.8 Å². The average molecular weight is 743 g/mol. The molecular formula is C39H66O13. The van der Waals surface area contributed by atoms with Crippen LogP contribution in [0.15, 0.2) is 0 Å². The summed E-state index contributed by atoms with van der Waals surface area (Å²) < 4.78 is 30.0. The van der Waals surface area contributed by atoms with Gasteiger partial charge in [-0.25, -0.2) is 0 Å². The third-order valence-electron chi connectivity index (χ3n) is 15.8. The first-order valence-corrected chi connectivity index (χ1v) is 20.2. The van der Waals surface area contributed by atoms with E-state index in [4.69, 9.17) is 23.7 Å². The predicted octanol–water partition coefficient (Wildman–Crippen LogP) is 1.42. The summed E-state index contributed by atoms with van der Waals surface area (Å²) in [6, 6.07) is 0. The van der Waals surface area contributed by atoms with Crippen molar-refractivity contribution in [3.05, 3.63) is 0 Å². The zero-order valence-electron chi connectivity index (χ0n) is 31.6. The van der Waals surface area contributed by atoms with Crippen LogP contribution in [-0.4, -0.2) is 133 Å². The number of fused-ring (bicyclic) bond motifs is 7. The van der Waals surface area contributed by atoms with Gasteiger partial charge in [0.25, 0.3) is 0 Å². The summed E-state index contributed by atoms with van der Waals surface area (Å²) in [7, 11) is 0. The van der Waals surface area contributed by atoms with Crippen molar-refractivity contribution in [3.8, 4) is 0 Å². The van der Waals surface area contributed by atoms with Gasteiger partial charge in [0, 0.05) is 12.3 Å². The van der Waals surface area contributed by atoms with Crippen molar-refractivity contribution in [1.82, 2.24) is 0 Å². The maximum absolute atomic E-state index is 12.0. The lowest BCUT2D eigenvalue weighted by atomic mass is 9.44. The molecule has 3 heterocycles. The number of rotatable bonds is 9. The first-order chi connectivity index (χ1) is 24.5. The summed E-state index contributed by atoms with van der Waals surface area (Å²) in [6.45, 7) is 10.6. The van der Waals surface area contributed by atoms with Gasteiger partial charge in [-0.05, 0) is 111 Å². The summed E-state index contributed by atoms with van der Waals surface area (Å²) in [5.41, 5.74) is 0.269. The Balaban J connectivity index is 0.934. The molecule has 0 aromatic carbocycles. The maximum Gasteiger partial charge on any atom is 0.186 e. The quantitative estimate of drug-likeness (QED) is 0.158. The Labute approximate surface area is 307 Å². The molecule has 7 rings (SSSR count). The standard InChI is InChI=1S/C39H66O13/c1-18(17-48-35-33(45)31(43)29(41)20(3)49-35)8-13-39(47)19(2)28-26(52-39)15-25-23-7-6-21-14-22(9-11-37(21,4)24(23)10-12-38(25,28)5)50-36-34(46)32(44)30(42)27(16-40)51-36/h18-36,40-47H,6-17H2,1-5H3/t18-,19-,20-,21+,22-,23+,24-,25-,26-,27+,28-,29-,30-,31+,32-,33+,34+,35+,36+,37-,38-,39?/m0/s1. The summed E-state index contributed by atoms with van der Waals surface area (Å²) in [5.74, 6) is 1.32. The van der Waals surface area contributed by atoms with Crippen LogP contribution in [0.3, 0.4) is 0 Å². The van der Waals surface area contributed by atoms with Crippen LogP contribution in [0.2, 0.25) is 0 Å². The lowest BCUT2D eigenvalue weighted by Crippen LogP contribution is -2.60. The van der Waals surface area contributed by atoms with Gasteiger partial charge in [0.05, 0.1) is 31.5 Å². The van der Waals surface area contributed by atoms with Gasteiger partial charge in [-0.2, -0.15) is 0 Å². The molecule has 4 aliphatic carbocycles. The second-order valence-corrected chi connectivity index (χ2v) is 18.6. The highest BCUT2D eigenvalue weighted by atomic mass is 16.7. The van der Waals surface area contributed by atoms with Crippen molar-refractivity contribution < 1.29 is 64.5 Å². The van der Waals surface area contributed by atoms with E-state index in [1.54, 1.807) is 6.92 Å². The summed E-state index contributed by atoms with van der Waals surface area (Å²) >= 11 is 0. The SMILES string of the molecule is C[C@@H](CCC1(O)O[C@H]2C[C@H]3[C@@H]4CC[C@@H]5C[C@@H](O[C@@H]6O[C@H](CO)[C@H](O)[C@H](O)[C@H]6O)CC[C@]5(C)[C@H]4CC[C@]3(C)[C@H]2[C@@H]1C)CO[C@@H]1O[C@@H](C)[C@H](O)[C@@H](O)[C@H]1O.